The zero-order chi connectivity index (χ0) is 16.9. The van der Waals surface area contributed by atoms with Crippen LogP contribution in [-0.2, 0) is 7.05 Å². The maximum atomic E-state index is 12.3. The van der Waals surface area contributed by atoms with Crippen LogP contribution in [0.1, 0.15) is 55.4 Å². The number of rotatable bonds is 3. The number of amides is 3. The zero-order valence-corrected chi connectivity index (χ0v) is 14.3. The Morgan fingerprint density at radius 2 is 1.71 bits per heavy atom. The molecule has 0 unspecified atom stereocenters. The number of nitrogens with zero attached hydrogens (tertiary/aromatic N) is 3. The van der Waals surface area contributed by atoms with Crippen LogP contribution in [0, 0.1) is 0 Å². The molecule has 2 aliphatic rings. The normalized spacial score (nSPS) is 20.0. The first-order valence-electron chi connectivity index (χ1n) is 8.98. The first-order chi connectivity index (χ1) is 11.6. The number of nitrogens with one attached hydrogen (secondary N) is 2. The summed E-state index contributed by atoms with van der Waals surface area (Å²) in [6.45, 7) is 1.38. The van der Waals surface area contributed by atoms with E-state index >= 15 is 0 Å². The minimum Gasteiger partial charge on any atom is -0.348 e. The van der Waals surface area contributed by atoms with Gasteiger partial charge in [-0.05, 0) is 31.7 Å². The molecule has 0 atom stereocenters. The second-order valence-electron chi connectivity index (χ2n) is 6.86. The smallest absolute Gasteiger partial charge is 0.317 e. The van der Waals surface area contributed by atoms with Gasteiger partial charge in [-0.1, -0.05) is 19.3 Å². The highest BCUT2D eigenvalue weighted by atomic mass is 16.2. The molecule has 7 nitrogen and oxygen atoms in total. The summed E-state index contributed by atoms with van der Waals surface area (Å²) in [6.07, 6.45) is 9.12. The Bertz CT molecular complexity index is 571. The Labute approximate surface area is 142 Å². The van der Waals surface area contributed by atoms with Crippen molar-refractivity contribution in [2.45, 2.75) is 57.0 Å². The van der Waals surface area contributed by atoms with E-state index in [1.165, 1.54) is 19.3 Å². The fourth-order valence-electron chi connectivity index (χ4n) is 3.60. The van der Waals surface area contributed by atoms with Crippen molar-refractivity contribution in [2.24, 2.45) is 7.05 Å². The number of hydrogen-bond acceptors (Lipinski definition) is 3. The van der Waals surface area contributed by atoms with Gasteiger partial charge < -0.3 is 15.5 Å². The van der Waals surface area contributed by atoms with Crippen LogP contribution in [-0.4, -0.2) is 51.8 Å². The van der Waals surface area contributed by atoms with Crippen LogP contribution >= 0.6 is 0 Å². The molecule has 1 aliphatic heterocycles. The van der Waals surface area contributed by atoms with Crippen LogP contribution in [0.25, 0.3) is 0 Å². The van der Waals surface area contributed by atoms with Crippen molar-refractivity contribution >= 4 is 11.9 Å². The minimum atomic E-state index is -0.0971. The van der Waals surface area contributed by atoms with Gasteiger partial charge in [0, 0.05) is 38.4 Å². The second-order valence-corrected chi connectivity index (χ2v) is 6.86. The lowest BCUT2D eigenvalue weighted by molar-refractivity contribution is 0.0908. The Morgan fingerprint density at radius 1 is 1.04 bits per heavy atom. The van der Waals surface area contributed by atoms with Gasteiger partial charge in [-0.15, -0.1) is 0 Å². The summed E-state index contributed by atoms with van der Waals surface area (Å²) >= 11 is 0. The third-order valence-corrected chi connectivity index (χ3v) is 5.10. The Balaban J connectivity index is 1.42. The molecule has 1 saturated carbocycles. The number of carbonyl (C=O) groups is 2. The lowest BCUT2D eigenvalue weighted by atomic mass is 9.95. The third-order valence-electron chi connectivity index (χ3n) is 5.10. The molecule has 24 heavy (non-hydrogen) atoms. The number of likely N-dealkylation sites (tertiary alicyclic amines) is 1. The van der Waals surface area contributed by atoms with Gasteiger partial charge in [0.25, 0.3) is 5.91 Å². The molecule has 1 aliphatic carbocycles. The molecule has 2 heterocycles. The molecule has 2 fully saturated rings. The van der Waals surface area contributed by atoms with E-state index in [0.717, 1.165) is 25.7 Å². The molecule has 3 rings (SSSR count). The number of aromatic nitrogens is 2. The van der Waals surface area contributed by atoms with Crippen molar-refractivity contribution in [1.29, 1.82) is 0 Å². The average molecular weight is 333 g/mol. The first-order valence-corrected chi connectivity index (χ1v) is 8.98. The number of piperidine rings is 1. The lowest BCUT2D eigenvalue weighted by Crippen LogP contribution is -2.51. The molecule has 0 spiro atoms. The van der Waals surface area contributed by atoms with Crippen molar-refractivity contribution in [2.75, 3.05) is 13.1 Å². The van der Waals surface area contributed by atoms with E-state index in [1.54, 1.807) is 24.0 Å². The molecule has 2 N–H and O–H groups in total. The zero-order valence-electron chi connectivity index (χ0n) is 14.3. The van der Waals surface area contributed by atoms with Crippen molar-refractivity contribution in [3.8, 4) is 0 Å². The van der Waals surface area contributed by atoms with E-state index in [1.807, 2.05) is 4.90 Å². The van der Waals surface area contributed by atoms with Gasteiger partial charge in [-0.3, -0.25) is 9.48 Å². The van der Waals surface area contributed by atoms with Gasteiger partial charge in [0.15, 0.2) is 0 Å². The summed E-state index contributed by atoms with van der Waals surface area (Å²) in [5, 5.41) is 10.2. The fraction of sp³-hybridized carbons (Fsp3) is 0.706. The van der Waals surface area contributed by atoms with Gasteiger partial charge in [-0.25, -0.2) is 4.79 Å². The third kappa shape index (κ3) is 4.07. The highest BCUT2D eigenvalue weighted by Crippen LogP contribution is 2.18. The van der Waals surface area contributed by atoms with Crippen molar-refractivity contribution in [3.63, 3.8) is 0 Å². The molecular formula is C17H27N5O2. The number of urea groups is 1. The average Bonchev–Trinajstić information content (AvgIpc) is 3.02. The molecule has 0 radical (unpaired) electrons. The van der Waals surface area contributed by atoms with Gasteiger partial charge >= 0.3 is 6.03 Å². The number of carbonyl (C=O) groups excluding carboxylic acids is 2. The van der Waals surface area contributed by atoms with Crippen LogP contribution in [0.15, 0.2) is 12.3 Å². The SMILES string of the molecule is Cn1nccc1C(=O)NC1CCN(C(=O)NC2CCCCC2)CC1. The largest absolute Gasteiger partial charge is 0.348 e. The topological polar surface area (TPSA) is 79.3 Å². The predicted octanol–water partition coefficient (Wildman–Crippen LogP) is 1.66. The van der Waals surface area contributed by atoms with Crippen LogP contribution in [0.3, 0.4) is 0 Å². The van der Waals surface area contributed by atoms with Gasteiger partial charge in [0.1, 0.15) is 5.69 Å². The van der Waals surface area contributed by atoms with E-state index in [2.05, 4.69) is 15.7 Å². The summed E-state index contributed by atoms with van der Waals surface area (Å²) in [5.41, 5.74) is 0.562. The molecule has 1 aromatic rings. The lowest BCUT2D eigenvalue weighted by Gasteiger charge is -2.34. The highest BCUT2D eigenvalue weighted by Gasteiger charge is 2.26. The minimum absolute atomic E-state index is 0.0540. The summed E-state index contributed by atoms with van der Waals surface area (Å²) < 4.78 is 1.57. The van der Waals surface area contributed by atoms with Crippen molar-refractivity contribution in [1.82, 2.24) is 25.3 Å². The molecule has 1 aromatic heterocycles. The summed E-state index contributed by atoms with van der Waals surface area (Å²) in [4.78, 5) is 26.4. The molecule has 0 bridgehead atoms. The van der Waals surface area contributed by atoms with Gasteiger partial charge in [0.05, 0.1) is 0 Å². The summed E-state index contributed by atoms with van der Waals surface area (Å²) in [7, 11) is 1.76. The standard InChI is InChI=1S/C17H27N5O2/c1-21-15(7-10-18-21)16(23)19-14-8-11-22(12-9-14)17(24)20-13-5-3-2-4-6-13/h7,10,13-14H,2-6,8-9,11-12H2,1H3,(H,19,23)(H,20,24). The Hall–Kier alpha value is -2.05. The number of aryl methyl sites for hydroxylation is 1. The Kier molecular flexibility index (Phi) is 5.37. The van der Waals surface area contributed by atoms with E-state index in [9.17, 15) is 9.59 Å². The molecule has 7 heteroatoms. The van der Waals surface area contributed by atoms with E-state index in [0.29, 0.717) is 24.8 Å². The van der Waals surface area contributed by atoms with Crippen LogP contribution in [0.2, 0.25) is 0 Å². The van der Waals surface area contributed by atoms with Crippen LogP contribution < -0.4 is 10.6 Å². The number of hydrogen-bond donors (Lipinski definition) is 2. The van der Waals surface area contributed by atoms with Crippen molar-refractivity contribution < 1.29 is 9.59 Å². The van der Waals surface area contributed by atoms with Gasteiger partial charge in [0.2, 0.25) is 0 Å². The Morgan fingerprint density at radius 3 is 2.33 bits per heavy atom. The predicted molar refractivity (Wildman–Crippen MR) is 90.7 cm³/mol. The van der Waals surface area contributed by atoms with Crippen molar-refractivity contribution in [3.05, 3.63) is 18.0 Å². The maximum Gasteiger partial charge on any atom is 0.317 e. The fourth-order valence-corrected chi connectivity index (χ4v) is 3.60. The van der Waals surface area contributed by atoms with E-state index in [-0.39, 0.29) is 18.0 Å². The van der Waals surface area contributed by atoms with E-state index in [4.69, 9.17) is 0 Å². The monoisotopic (exact) mass is 333 g/mol. The molecule has 3 amide bonds. The van der Waals surface area contributed by atoms with Gasteiger partial charge in [-0.2, -0.15) is 5.10 Å². The molecule has 1 saturated heterocycles. The molecule has 132 valence electrons. The molecular weight excluding hydrogens is 306 g/mol. The maximum absolute atomic E-state index is 12.3. The second kappa shape index (κ2) is 7.68. The summed E-state index contributed by atoms with van der Waals surface area (Å²) in [5.74, 6) is -0.0971. The van der Waals surface area contributed by atoms with Crippen LogP contribution in [0.4, 0.5) is 4.79 Å². The quantitative estimate of drug-likeness (QED) is 0.883. The van der Waals surface area contributed by atoms with E-state index < -0.39 is 0 Å². The summed E-state index contributed by atoms with van der Waals surface area (Å²) in [6, 6.07) is 2.22. The molecule has 0 aromatic carbocycles. The van der Waals surface area contributed by atoms with Crippen LogP contribution in [0.5, 0.6) is 0 Å². The first kappa shape index (κ1) is 16.8. The highest BCUT2D eigenvalue weighted by molar-refractivity contribution is 5.92.